The SMILES string of the molecule is CCCn1ccc(CN[C@@H](CC)CO)c1. The van der Waals surface area contributed by atoms with Crippen molar-refractivity contribution in [2.24, 2.45) is 0 Å². The second-order valence-electron chi connectivity index (χ2n) is 3.93. The fourth-order valence-corrected chi connectivity index (χ4v) is 1.59. The van der Waals surface area contributed by atoms with Crippen molar-refractivity contribution >= 4 is 0 Å². The highest BCUT2D eigenvalue weighted by atomic mass is 16.3. The van der Waals surface area contributed by atoms with Gasteiger partial charge >= 0.3 is 0 Å². The molecule has 1 aromatic heterocycles. The fraction of sp³-hybridized carbons (Fsp3) is 0.667. The average Bonchev–Trinajstić information content (AvgIpc) is 2.68. The average molecular weight is 210 g/mol. The zero-order valence-corrected chi connectivity index (χ0v) is 9.74. The molecule has 0 radical (unpaired) electrons. The fourth-order valence-electron chi connectivity index (χ4n) is 1.59. The van der Waals surface area contributed by atoms with Crippen LogP contribution in [0.2, 0.25) is 0 Å². The number of nitrogens with zero attached hydrogens (tertiary/aromatic N) is 1. The molecule has 3 nitrogen and oxygen atoms in total. The van der Waals surface area contributed by atoms with Gasteiger partial charge in [0.2, 0.25) is 0 Å². The molecule has 1 atom stereocenters. The van der Waals surface area contributed by atoms with Crippen molar-refractivity contribution in [1.29, 1.82) is 0 Å². The molecule has 86 valence electrons. The summed E-state index contributed by atoms with van der Waals surface area (Å²) in [7, 11) is 0. The second kappa shape index (κ2) is 6.64. The summed E-state index contributed by atoms with van der Waals surface area (Å²) in [4.78, 5) is 0. The highest BCUT2D eigenvalue weighted by Crippen LogP contribution is 2.03. The predicted molar refractivity (Wildman–Crippen MR) is 62.7 cm³/mol. The number of nitrogens with one attached hydrogen (secondary N) is 1. The molecule has 15 heavy (non-hydrogen) atoms. The van der Waals surface area contributed by atoms with E-state index < -0.39 is 0 Å². The highest BCUT2D eigenvalue weighted by molar-refractivity contribution is 5.10. The van der Waals surface area contributed by atoms with Crippen LogP contribution in [0.25, 0.3) is 0 Å². The van der Waals surface area contributed by atoms with Crippen molar-refractivity contribution in [2.45, 2.75) is 45.8 Å². The van der Waals surface area contributed by atoms with Gasteiger partial charge in [0.1, 0.15) is 0 Å². The van der Waals surface area contributed by atoms with Crippen LogP contribution < -0.4 is 5.32 Å². The van der Waals surface area contributed by atoms with Crippen LogP contribution in [0.5, 0.6) is 0 Å². The van der Waals surface area contributed by atoms with Crippen molar-refractivity contribution in [3.05, 3.63) is 24.0 Å². The zero-order chi connectivity index (χ0) is 11.1. The molecule has 0 aliphatic heterocycles. The Morgan fingerprint density at radius 3 is 2.87 bits per heavy atom. The molecule has 0 aliphatic carbocycles. The summed E-state index contributed by atoms with van der Waals surface area (Å²) in [6.07, 6.45) is 6.41. The summed E-state index contributed by atoms with van der Waals surface area (Å²) in [6.45, 7) is 6.39. The molecular weight excluding hydrogens is 188 g/mol. The standard InChI is InChI=1S/C12H22N2O/c1-3-6-14-7-5-11(9-14)8-13-12(4-2)10-15/h5,7,9,12-13,15H,3-4,6,8,10H2,1-2H3/t12-/m0/s1. The van der Waals surface area contributed by atoms with Gasteiger partial charge in [0, 0.05) is 31.5 Å². The van der Waals surface area contributed by atoms with Gasteiger partial charge in [-0.3, -0.25) is 0 Å². The van der Waals surface area contributed by atoms with Gasteiger partial charge in [0.25, 0.3) is 0 Å². The third-order valence-corrected chi connectivity index (χ3v) is 2.60. The lowest BCUT2D eigenvalue weighted by atomic mass is 10.2. The van der Waals surface area contributed by atoms with E-state index in [1.165, 1.54) is 5.56 Å². The Labute approximate surface area is 92.1 Å². The molecule has 1 rings (SSSR count). The van der Waals surface area contributed by atoms with Gasteiger partial charge in [0.15, 0.2) is 0 Å². The summed E-state index contributed by atoms with van der Waals surface area (Å²) in [6, 6.07) is 2.35. The van der Waals surface area contributed by atoms with Gasteiger partial charge in [-0.25, -0.2) is 0 Å². The molecule has 0 aliphatic rings. The van der Waals surface area contributed by atoms with Crippen molar-refractivity contribution in [2.75, 3.05) is 6.61 Å². The van der Waals surface area contributed by atoms with E-state index in [1.807, 2.05) is 0 Å². The van der Waals surface area contributed by atoms with Crippen LogP contribution >= 0.6 is 0 Å². The van der Waals surface area contributed by atoms with E-state index in [1.54, 1.807) is 0 Å². The minimum atomic E-state index is 0.214. The second-order valence-corrected chi connectivity index (χ2v) is 3.93. The Hall–Kier alpha value is -0.800. The van der Waals surface area contributed by atoms with Crippen LogP contribution in [0, 0.1) is 0 Å². The molecule has 0 saturated heterocycles. The maximum absolute atomic E-state index is 9.03. The lowest BCUT2D eigenvalue weighted by molar-refractivity contribution is 0.238. The number of aliphatic hydroxyl groups excluding tert-OH is 1. The van der Waals surface area contributed by atoms with Gasteiger partial charge in [-0.1, -0.05) is 13.8 Å². The summed E-state index contributed by atoms with van der Waals surface area (Å²) >= 11 is 0. The van der Waals surface area contributed by atoms with Crippen LogP contribution in [-0.4, -0.2) is 22.3 Å². The molecule has 0 amide bonds. The number of hydrogen-bond donors (Lipinski definition) is 2. The first-order valence-corrected chi connectivity index (χ1v) is 5.79. The minimum absolute atomic E-state index is 0.214. The molecule has 0 unspecified atom stereocenters. The number of aliphatic hydroxyl groups is 1. The van der Waals surface area contributed by atoms with Crippen molar-refractivity contribution in [1.82, 2.24) is 9.88 Å². The highest BCUT2D eigenvalue weighted by Gasteiger charge is 2.03. The molecule has 0 bridgehead atoms. The molecule has 2 N–H and O–H groups in total. The molecule has 0 fully saturated rings. The summed E-state index contributed by atoms with van der Waals surface area (Å²) in [5.41, 5.74) is 1.29. The van der Waals surface area contributed by atoms with Gasteiger partial charge in [0.05, 0.1) is 6.61 Å². The topological polar surface area (TPSA) is 37.2 Å². The monoisotopic (exact) mass is 210 g/mol. The lowest BCUT2D eigenvalue weighted by Crippen LogP contribution is -2.31. The summed E-state index contributed by atoms with van der Waals surface area (Å²) in [5, 5.41) is 12.4. The molecule has 0 saturated carbocycles. The Morgan fingerprint density at radius 1 is 1.47 bits per heavy atom. The Balaban J connectivity index is 2.36. The number of aromatic nitrogens is 1. The third kappa shape index (κ3) is 4.06. The van der Waals surface area contributed by atoms with E-state index in [0.29, 0.717) is 0 Å². The maximum atomic E-state index is 9.03. The van der Waals surface area contributed by atoms with E-state index in [-0.39, 0.29) is 12.6 Å². The first-order chi connectivity index (χ1) is 7.30. The smallest absolute Gasteiger partial charge is 0.0584 e. The molecule has 0 spiro atoms. The summed E-state index contributed by atoms with van der Waals surface area (Å²) in [5.74, 6) is 0. The first-order valence-electron chi connectivity index (χ1n) is 5.79. The largest absolute Gasteiger partial charge is 0.395 e. The maximum Gasteiger partial charge on any atom is 0.0584 e. The van der Waals surface area contributed by atoms with Crippen molar-refractivity contribution in [3.63, 3.8) is 0 Å². The summed E-state index contributed by atoms with van der Waals surface area (Å²) < 4.78 is 2.21. The van der Waals surface area contributed by atoms with Crippen LogP contribution in [0.15, 0.2) is 18.5 Å². The van der Waals surface area contributed by atoms with E-state index >= 15 is 0 Å². The normalized spacial score (nSPS) is 13.0. The van der Waals surface area contributed by atoms with Gasteiger partial charge in [-0.05, 0) is 24.5 Å². The molecule has 1 heterocycles. The quantitative estimate of drug-likeness (QED) is 0.719. The molecule has 3 heteroatoms. The van der Waals surface area contributed by atoms with Crippen molar-refractivity contribution in [3.8, 4) is 0 Å². The Bertz CT molecular complexity index is 266. The van der Waals surface area contributed by atoms with Crippen LogP contribution in [0.3, 0.4) is 0 Å². The van der Waals surface area contributed by atoms with E-state index in [2.05, 4.69) is 42.2 Å². The number of hydrogen-bond acceptors (Lipinski definition) is 2. The van der Waals surface area contributed by atoms with Crippen molar-refractivity contribution < 1.29 is 5.11 Å². The first kappa shape index (κ1) is 12.3. The van der Waals surface area contributed by atoms with Gasteiger partial charge in [-0.15, -0.1) is 0 Å². The van der Waals surface area contributed by atoms with Crippen LogP contribution in [0.1, 0.15) is 32.3 Å². The van der Waals surface area contributed by atoms with E-state index in [9.17, 15) is 0 Å². The number of aryl methyl sites for hydroxylation is 1. The number of rotatable bonds is 7. The predicted octanol–water partition coefficient (Wildman–Crippen LogP) is 1.76. The van der Waals surface area contributed by atoms with Gasteiger partial charge < -0.3 is 15.0 Å². The van der Waals surface area contributed by atoms with Crippen LogP contribution in [-0.2, 0) is 13.1 Å². The Kier molecular flexibility index (Phi) is 5.43. The van der Waals surface area contributed by atoms with Gasteiger partial charge in [-0.2, -0.15) is 0 Å². The van der Waals surface area contributed by atoms with E-state index in [0.717, 1.165) is 25.9 Å². The molecular formula is C12H22N2O. The van der Waals surface area contributed by atoms with E-state index in [4.69, 9.17) is 5.11 Å². The molecule has 1 aromatic rings. The third-order valence-electron chi connectivity index (χ3n) is 2.60. The lowest BCUT2D eigenvalue weighted by Gasteiger charge is -2.12. The van der Waals surface area contributed by atoms with Crippen LogP contribution in [0.4, 0.5) is 0 Å². The minimum Gasteiger partial charge on any atom is -0.395 e. The Morgan fingerprint density at radius 2 is 2.27 bits per heavy atom. The molecule has 0 aromatic carbocycles. The zero-order valence-electron chi connectivity index (χ0n) is 9.74.